The van der Waals surface area contributed by atoms with E-state index in [0.29, 0.717) is 11.4 Å². The van der Waals surface area contributed by atoms with Gasteiger partial charge in [0.25, 0.3) is 5.91 Å². The van der Waals surface area contributed by atoms with E-state index in [-0.39, 0.29) is 50.1 Å². The van der Waals surface area contributed by atoms with Crippen molar-refractivity contribution in [3.05, 3.63) is 16.1 Å². The monoisotopic (exact) mass is 858 g/mol. The van der Waals surface area contributed by atoms with Crippen LogP contribution in [0.3, 0.4) is 0 Å². The highest BCUT2D eigenvalue weighted by Crippen LogP contribution is 2.40. The molecule has 2 aliphatic carbocycles. The molecule has 1 aromatic heterocycles. The first-order valence-electron chi connectivity index (χ1n) is 20.7. The number of carbonyl (C=O) groups excluding carboxylic acids is 3. The van der Waals surface area contributed by atoms with Gasteiger partial charge in [0.05, 0.1) is 24.9 Å². The van der Waals surface area contributed by atoms with E-state index in [1.165, 1.54) is 25.2 Å². The third-order valence-electron chi connectivity index (χ3n) is 11.9. The minimum absolute atomic E-state index is 0.00868. The van der Waals surface area contributed by atoms with Gasteiger partial charge in [-0.15, -0.1) is 11.3 Å². The fourth-order valence-corrected chi connectivity index (χ4v) is 9.33. The van der Waals surface area contributed by atoms with Crippen LogP contribution in [0.15, 0.2) is 5.38 Å². The van der Waals surface area contributed by atoms with Crippen LogP contribution < -0.4 is 16.0 Å². The van der Waals surface area contributed by atoms with E-state index in [4.69, 9.17) is 23.7 Å². The number of aromatic nitrogens is 1. The van der Waals surface area contributed by atoms with Crippen LogP contribution in [0.25, 0.3) is 0 Å². The predicted molar refractivity (Wildman–Crippen MR) is 208 cm³/mol. The Bertz CT molecular complexity index is 1550. The molecule has 0 bridgehead atoms. The number of rotatable bonds is 17. The lowest BCUT2D eigenvalue weighted by Crippen LogP contribution is -2.67. The van der Waals surface area contributed by atoms with Gasteiger partial charge in [-0.1, -0.05) is 45.4 Å². The molecule has 20 heteroatoms. The molecule has 4 aliphatic rings. The lowest BCUT2D eigenvalue weighted by atomic mass is 9.75. The van der Waals surface area contributed by atoms with Crippen LogP contribution in [-0.2, 0) is 38.1 Å². The molecule has 19 nitrogen and oxygen atoms in total. The summed E-state index contributed by atoms with van der Waals surface area (Å²) < 4.78 is 31.0. The summed E-state index contributed by atoms with van der Waals surface area (Å²) in [6.07, 6.45) is -10.7. The molecule has 2 saturated heterocycles. The first kappa shape index (κ1) is 47.2. The summed E-state index contributed by atoms with van der Waals surface area (Å²) in [7, 11) is 0. The van der Waals surface area contributed by atoms with Crippen molar-refractivity contribution in [2.45, 2.75) is 165 Å². The predicted octanol–water partition coefficient (Wildman–Crippen LogP) is -0.277. The Kier molecular flexibility index (Phi) is 17.4. The molecule has 2 saturated carbocycles. The Morgan fingerprint density at radius 3 is 2.27 bits per heavy atom. The van der Waals surface area contributed by atoms with Gasteiger partial charge in [0.15, 0.2) is 23.7 Å². The van der Waals surface area contributed by atoms with Gasteiger partial charge in [0.1, 0.15) is 42.7 Å². The molecule has 0 aromatic carbocycles. The Hall–Kier alpha value is -2.89. The summed E-state index contributed by atoms with van der Waals surface area (Å²) >= 11 is 1.21. The Morgan fingerprint density at radius 2 is 1.64 bits per heavy atom. The molecule has 5 rings (SSSR count). The molecular weight excluding hydrogens is 797 g/mol. The molecule has 3 heterocycles. The van der Waals surface area contributed by atoms with Crippen molar-refractivity contribution in [2.75, 3.05) is 19.7 Å². The number of thiazole rings is 1. The number of hydrogen-bond acceptors (Lipinski definition) is 16. The summed E-state index contributed by atoms with van der Waals surface area (Å²) in [6, 6.07) is -1.31. The topological polar surface area (TPSA) is 285 Å². The van der Waals surface area contributed by atoms with Crippen molar-refractivity contribution >= 4 is 35.0 Å². The summed E-state index contributed by atoms with van der Waals surface area (Å²) in [5.41, 5.74) is 0.718. The fraction of sp³-hybridized carbons (Fsp3) is 0.821. The van der Waals surface area contributed by atoms with Gasteiger partial charge in [0, 0.05) is 37.0 Å². The summed E-state index contributed by atoms with van der Waals surface area (Å²) in [5, 5.41) is 74.2. The van der Waals surface area contributed by atoms with Gasteiger partial charge >= 0.3 is 5.97 Å². The number of aliphatic hydroxyl groups excluding tert-OH is 5. The molecule has 8 unspecified atom stereocenters. The molecule has 1 aromatic rings. The molecule has 2 aliphatic heterocycles. The van der Waals surface area contributed by atoms with E-state index in [9.17, 15) is 49.8 Å². The lowest BCUT2D eigenvalue weighted by Gasteiger charge is -2.49. The molecule has 59 heavy (non-hydrogen) atoms. The number of carboxylic acids is 1. The van der Waals surface area contributed by atoms with Crippen LogP contribution in [0.5, 0.6) is 0 Å². The van der Waals surface area contributed by atoms with Crippen molar-refractivity contribution in [3.8, 4) is 0 Å². The van der Waals surface area contributed by atoms with Crippen LogP contribution in [0.1, 0.15) is 94.1 Å². The first-order valence-corrected chi connectivity index (χ1v) is 21.6. The van der Waals surface area contributed by atoms with Crippen molar-refractivity contribution in [1.82, 2.24) is 20.9 Å². The van der Waals surface area contributed by atoms with E-state index >= 15 is 0 Å². The number of aliphatic hydroxyl groups is 5. The molecular formula is C39H62N4O15S. The van der Waals surface area contributed by atoms with Crippen molar-refractivity contribution < 1.29 is 73.5 Å². The maximum atomic E-state index is 13.8. The average molecular weight is 859 g/mol. The number of aliphatic carboxylic acids is 1. The highest BCUT2D eigenvalue weighted by Gasteiger charge is 2.53. The second-order valence-electron chi connectivity index (χ2n) is 16.2. The van der Waals surface area contributed by atoms with E-state index in [1.54, 1.807) is 12.3 Å². The second-order valence-corrected chi connectivity index (χ2v) is 17.1. The highest BCUT2D eigenvalue weighted by atomic mass is 32.1. The number of hydrogen-bond donors (Lipinski definition) is 9. The fourth-order valence-electron chi connectivity index (χ4n) is 8.62. The normalized spacial score (nSPS) is 36.0. The Labute approximate surface area is 347 Å². The summed E-state index contributed by atoms with van der Waals surface area (Å²) in [5.74, 6) is -3.59. The molecule has 334 valence electrons. The SMILES string of the molecule is CCC1CC(C(=O)NCCNC(=O)c2nc(C)cs2)C[C@@H](O[C@@H]2OC(CO)C(O)C(O[C@@H](CC3CCCCC3)C(=O)O)C2NC(C)=O)[C@@H]1OC1O[C@@H](C)C(O)[C@H](O)[C@@H]1O. The first-order chi connectivity index (χ1) is 28.1. The maximum Gasteiger partial charge on any atom is 0.332 e. The number of nitrogens with zero attached hydrogens (tertiary/aromatic N) is 1. The quantitative estimate of drug-likeness (QED) is 0.0912. The molecule has 0 spiro atoms. The zero-order valence-electron chi connectivity index (χ0n) is 34.0. The maximum absolute atomic E-state index is 13.8. The minimum atomic E-state index is -1.66. The number of amides is 3. The third-order valence-corrected chi connectivity index (χ3v) is 12.8. The number of aryl methyl sites for hydroxylation is 1. The molecule has 9 N–H and O–H groups in total. The molecule has 4 fully saturated rings. The van der Waals surface area contributed by atoms with Crippen LogP contribution in [0.4, 0.5) is 0 Å². The van der Waals surface area contributed by atoms with Crippen molar-refractivity contribution in [1.29, 1.82) is 0 Å². The zero-order chi connectivity index (χ0) is 43.0. The number of nitrogens with one attached hydrogen (secondary N) is 3. The second kappa shape index (κ2) is 21.8. The van der Waals surface area contributed by atoms with Crippen LogP contribution in [0, 0.1) is 24.7 Å². The smallest absolute Gasteiger partial charge is 0.332 e. The number of ether oxygens (including phenoxy) is 5. The van der Waals surface area contributed by atoms with Gasteiger partial charge in [0.2, 0.25) is 11.8 Å². The molecule has 3 amide bonds. The lowest BCUT2D eigenvalue weighted by molar-refractivity contribution is -0.338. The van der Waals surface area contributed by atoms with Crippen LogP contribution in [0.2, 0.25) is 0 Å². The average Bonchev–Trinajstić information content (AvgIpc) is 3.66. The third kappa shape index (κ3) is 12.2. The number of carbonyl (C=O) groups is 4. The van der Waals surface area contributed by atoms with Crippen LogP contribution >= 0.6 is 11.3 Å². The number of carboxylic acid groups (broad SMARTS) is 1. The largest absolute Gasteiger partial charge is 0.479 e. The van der Waals surface area contributed by atoms with E-state index in [0.717, 1.165) is 37.8 Å². The summed E-state index contributed by atoms with van der Waals surface area (Å²) in [4.78, 5) is 55.7. The summed E-state index contributed by atoms with van der Waals surface area (Å²) in [6.45, 7) is 5.88. The van der Waals surface area contributed by atoms with Crippen LogP contribution in [-0.4, -0.2) is 159 Å². The molecule has 15 atom stereocenters. The van der Waals surface area contributed by atoms with Gasteiger partial charge < -0.3 is 70.3 Å². The van der Waals surface area contributed by atoms with Gasteiger partial charge in [-0.2, -0.15) is 0 Å². The molecule has 0 radical (unpaired) electrons. The van der Waals surface area contributed by atoms with Gasteiger partial charge in [-0.05, 0) is 44.9 Å². The Balaban J connectivity index is 1.39. The highest BCUT2D eigenvalue weighted by molar-refractivity contribution is 7.11. The van der Waals surface area contributed by atoms with Crippen molar-refractivity contribution in [2.24, 2.45) is 17.8 Å². The van der Waals surface area contributed by atoms with E-state index < -0.39 is 110 Å². The standard InChI is InChI=1S/C39H62N4O15S/c1-5-22-14-23(34(50)40-11-12-41-35(51)36-42-18(2)17-59-36)15-24(32(22)58-39-31(49)30(48)28(46)19(3)54-39)56-38-27(43-20(4)45)33(29(47)26(16-44)57-38)55-25(37(52)53)13-21-9-7-6-8-10-21/h17,19,21-33,38-39,44,46-49H,5-16H2,1-4H3,(H,40,50)(H,41,51)(H,43,45)(H,52,53)/t19-,22?,23?,24+,25-,26?,27?,28?,29?,30-,31-,32+,33?,38+,39?/m0/s1. The zero-order valence-corrected chi connectivity index (χ0v) is 34.8. The van der Waals surface area contributed by atoms with E-state index in [1.807, 2.05) is 6.92 Å². The van der Waals surface area contributed by atoms with Gasteiger partial charge in [-0.3, -0.25) is 14.4 Å². The Morgan fingerprint density at radius 1 is 0.932 bits per heavy atom. The van der Waals surface area contributed by atoms with E-state index in [2.05, 4.69) is 20.9 Å². The van der Waals surface area contributed by atoms with Crippen molar-refractivity contribution in [3.63, 3.8) is 0 Å². The van der Waals surface area contributed by atoms with Gasteiger partial charge in [-0.25, -0.2) is 9.78 Å². The minimum Gasteiger partial charge on any atom is -0.479 e.